The third-order valence-corrected chi connectivity index (χ3v) is 3.13. The zero-order valence-electron chi connectivity index (χ0n) is 8.40. The van der Waals surface area contributed by atoms with Gasteiger partial charge in [0.2, 0.25) is 0 Å². The third-order valence-electron chi connectivity index (χ3n) is 3.13. The van der Waals surface area contributed by atoms with Crippen LogP contribution in [0.15, 0.2) is 22.8 Å². The molecule has 3 heteroatoms. The molecule has 1 unspecified atom stereocenters. The van der Waals surface area contributed by atoms with Crippen molar-refractivity contribution in [3.63, 3.8) is 0 Å². The van der Waals surface area contributed by atoms with Gasteiger partial charge in [0.05, 0.1) is 11.9 Å². The van der Waals surface area contributed by atoms with E-state index in [1.807, 2.05) is 0 Å². The maximum absolute atomic E-state index is 9.87. The maximum atomic E-state index is 9.87. The van der Waals surface area contributed by atoms with Crippen LogP contribution in [0.25, 0.3) is 0 Å². The van der Waals surface area contributed by atoms with Gasteiger partial charge in [-0.1, -0.05) is 0 Å². The predicted molar refractivity (Wildman–Crippen MR) is 51.9 cm³/mol. The van der Waals surface area contributed by atoms with Crippen molar-refractivity contribution in [2.75, 3.05) is 7.11 Å². The van der Waals surface area contributed by atoms with Crippen LogP contribution in [0.2, 0.25) is 0 Å². The molecule has 1 N–H and O–H groups in total. The monoisotopic (exact) mass is 196 g/mol. The summed E-state index contributed by atoms with van der Waals surface area (Å²) in [4.78, 5) is 0. The van der Waals surface area contributed by atoms with Crippen molar-refractivity contribution in [1.29, 1.82) is 0 Å². The second-order valence-corrected chi connectivity index (χ2v) is 3.98. The summed E-state index contributed by atoms with van der Waals surface area (Å²) in [6.07, 6.45) is 4.96. The Kier molecular flexibility index (Phi) is 2.61. The lowest BCUT2D eigenvalue weighted by atomic mass is 9.76. The van der Waals surface area contributed by atoms with Crippen molar-refractivity contribution in [2.45, 2.75) is 37.4 Å². The maximum Gasteiger partial charge on any atom is 0.132 e. The fourth-order valence-electron chi connectivity index (χ4n) is 2.00. The lowest BCUT2D eigenvalue weighted by molar-refractivity contribution is -0.102. The largest absolute Gasteiger partial charge is 0.467 e. The van der Waals surface area contributed by atoms with Crippen LogP contribution in [-0.2, 0) is 4.74 Å². The van der Waals surface area contributed by atoms with Gasteiger partial charge in [0.25, 0.3) is 0 Å². The van der Waals surface area contributed by atoms with E-state index in [1.54, 1.807) is 25.5 Å². The summed E-state index contributed by atoms with van der Waals surface area (Å²) >= 11 is 0. The Morgan fingerprint density at radius 2 is 2.43 bits per heavy atom. The van der Waals surface area contributed by atoms with Crippen molar-refractivity contribution in [3.8, 4) is 0 Å². The Morgan fingerprint density at radius 1 is 1.64 bits per heavy atom. The van der Waals surface area contributed by atoms with E-state index in [-0.39, 0.29) is 5.60 Å². The van der Waals surface area contributed by atoms with Crippen LogP contribution < -0.4 is 0 Å². The number of methoxy groups -OCH3 is 1. The fourth-order valence-corrected chi connectivity index (χ4v) is 2.00. The molecular formula is C11H16O3. The fraction of sp³-hybridized carbons (Fsp3) is 0.636. The molecular weight excluding hydrogens is 180 g/mol. The highest BCUT2D eigenvalue weighted by atomic mass is 16.5. The molecule has 78 valence electrons. The minimum absolute atomic E-state index is 0.105. The number of furan rings is 1. The SMILES string of the molecule is COC1(CC(O)c2ccco2)CCC1. The highest BCUT2D eigenvalue weighted by Gasteiger charge is 2.39. The number of ether oxygens (including phenoxy) is 1. The predicted octanol–water partition coefficient (Wildman–Crippen LogP) is 2.27. The van der Waals surface area contributed by atoms with Crippen LogP contribution in [0.4, 0.5) is 0 Å². The summed E-state index contributed by atoms with van der Waals surface area (Å²) in [7, 11) is 1.72. The van der Waals surface area contributed by atoms with E-state index < -0.39 is 6.10 Å². The molecule has 1 aliphatic carbocycles. The van der Waals surface area contributed by atoms with Gasteiger partial charge < -0.3 is 14.3 Å². The first-order chi connectivity index (χ1) is 6.76. The van der Waals surface area contributed by atoms with Crippen LogP contribution in [0.5, 0.6) is 0 Å². The van der Waals surface area contributed by atoms with Crippen LogP contribution in [-0.4, -0.2) is 17.8 Å². The van der Waals surface area contributed by atoms with Crippen molar-refractivity contribution in [1.82, 2.24) is 0 Å². The van der Waals surface area contributed by atoms with E-state index in [9.17, 15) is 5.11 Å². The summed E-state index contributed by atoms with van der Waals surface area (Å²) in [5.74, 6) is 0.633. The van der Waals surface area contributed by atoms with E-state index in [1.165, 1.54) is 6.42 Å². The molecule has 0 spiro atoms. The van der Waals surface area contributed by atoms with Crippen LogP contribution in [0.1, 0.15) is 37.5 Å². The van der Waals surface area contributed by atoms with E-state index in [0.717, 1.165) is 12.8 Å². The zero-order chi connectivity index (χ0) is 10.0. The van der Waals surface area contributed by atoms with Gasteiger partial charge in [-0.15, -0.1) is 0 Å². The van der Waals surface area contributed by atoms with Gasteiger partial charge in [0.15, 0.2) is 0 Å². The van der Waals surface area contributed by atoms with Gasteiger partial charge in [-0.25, -0.2) is 0 Å². The summed E-state index contributed by atoms with van der Waals surface area (Å²) in [6.45, 7) is 0. The van der Waals surface area contributed by atoms with Crippen LogP contribution in [0.3, 0.4) is 0 Å². The normalized spacial score (nSPS) is 21.6. The third kappa shape index (κ3) is 1.70. The smallest absolute Gasteiger partial charge is 0.132 e. The first kappa shape index (κ1) is 9.74. The van der Waals surface area contributed by atoms with E-state index >= 15 is 0 Å². The van der Waals surface area contributed by atoms with E-state index in [0.29, 0.717) is 12.2 Å². The molecule has 14 heavy (non-hydrogen) atoms. The summed E-state index contributed by atoms with van der Waals surface area (Å²) in [5, 5.41) is 9.87. The molecule has 3 nitrogen and oxygen atoms in total. The Morgan fingerprint density at radius 3 is 2.86 bits per heavy atom. The zero-order valence-corrected chi connectivity index (χ0v) is 8.40. The number of hydrogen-bond donors (Lipinski definition) is 1. The second kappa shape index (κ2) is 3.75. The molecule has 2 rings (SSSR count). The Bertz CT molecular complexity index is 269. The Balaban J connectivity index is 1.97. The summed E-state index contributed by atoms with van der Waals surface area (Å²) in [5.41, 5.74) is -0.105. The highest BCUT2D eigenvalue weighted by Crippen LogP contribution is 2.41. The minimum atomic E-state index is -0.537. The molecule has 1 heterocycles. The first-order valence-corrected chi connectivity index (χ1v) is 5.02. The standard InChI is InChI=1S/C11H16O3/c1-13-11(5-3-6-11)8-9(12)10-4-2-7-14-10/h2,4,7,9,12H,3,5-6,8H2,1H3. The lowest BCUT2D eigenvalue weighted by Gasteiger charge is -2.41. The Labute approximate surface area is 83.7 Å². The number of aliphatic hydroxyl groups is 1. The molecule has 1 aromatic heterocycles. The van der Waals surface area contributed by atoms with Gasteiger partial charge in [-0.2, -0.15) is 0 Å². The highest BCUT2D eigenvalue weighted by molar-refractivity contribution is 5.04. The Hall–Kier alpha value is -0.800. The van der Waals surface area contributed by atoms with Crippen molar-refractivity contribution in [3.05, 3.63) is 24.2 Å². The summed E-state index contributed by atoms with van der Waals surface area (Å²) < 4.78 is 10.6. The second-order valence-electron chi connectivity index (χ2n) is 3.98. The molecule has 1 aliphatic rings. The average Bonchev–Trinajstić information content (AvgIpc) is 2.63. The van der Waals surface area contributed by atoms with E-state index in [2.05, 4.69) is 0 Å². The lowest BCUT2D eigenvalue weighted by Crippen LogP contribution is -2.40. The first-order valence-electron chi connectivity index (χ1n) is 5.02. The number of hydrogen-bond acceptors (Lipinski definition) is 3. The topological polar surface area (TPSA) is 42.6 Å². The molecule has 1 fully saturated rings. The van der Waals surface area contributed by atoms with Crippen molar-refractivity contribution >= 4 is 0 Å². The van der Waals surface area contributed by atoms with Gasteiger partial charge in [0, 0.05) is 13.5 Å². The number of aliphatic hydroxyl groups excluding tert-OH is 1. The molecule has 1 saturated carbocycles. The number of rotatable bonds is 4. The molecule has 1 aromatic rings. The minimum Gasteiger partial charge on any atom is -0.467 e. The molecule has 0 radical (unpaired) electrons. The van der Waals surface area contributed by atoms with Gasteiger partial charge in [0.1, 0.15) is 11.9 Å². The van der Waals surface area contributed by atoms with Crippen LogP contribution in [0, 0.1) is 0 Å². The van der Waals surface area contributed by atoms with Gasteiger partial charge in [-0.05, 0) is 31.4 Å². The molecule has 0 saturated heterocycles. The summed E-state index contributed by atoms with van der Waals surface area (Å²) in [6, 6.07) is 3.59. The van der Waals surface area contributed by atoms with Gasteiger partial charge in [-0.3, -0.25) is 0 Å². The molecule has 1 atom stereocenters. The molecule has 0 aromatic carbocycles. The van der Waals surface area contributed by atoms with Crippen LogP contribution >= 0.6 is 0 Å². The molecule has 0 bridgehead atoms. The van der Waals surface area contributed by atoms with Gasteiger partial charge >= 0.3 is 0 Å². The van der Waals surface area contributed by atoms with Crippen molar-refractivity contribution in [2.24, 2.45) is 0 Å². The van der Waals surface area contributed by atoms with Crippen molar-refractivity contribution < 1.29 is 14.3 Å². The average molecular weight is 196 g/mol. The molecule has 0 amide bonds. The van der Waals surface area contributed by atoms with E-state index in [4.69, 9.17) is 9.15 Å². The quantitative estimate of drug-likeness (QED) is 0.803. The molecule has 0 aliphatic heterocycles.